The standard InChI is InChI=1S/C26H16F3NO2/c27-26(28,29)19-11-8-17(9-12-19)24-15-22-21-7-2-1-4-16(21)10-13-23(22)30(24)20-6-3-5-18(14-20)25(31)32/h1-15H,(H,31,32). The van der Waals surface area contributed by atoms with Crippen molar-refractivity contribution in [3.05, 3.63) is 102 Å². The molecule has 0 fully saturated rings. The van der Waals surface area contributed by atoms with Crippen molar-refractivity contribution < 1.29 is 23.1 Å². The van der Waals surface area contributed by atoms with Crippen LogP contribution >= 0.6 is 0 Å². The average molecular weight is 431 g/mol. The smallest absolute Gasteiger partial charge is 0.416 e. The Morgan fingerprint density at radius 3 is 2.25 bits per heavy atom. The third-order valence-corrected chi connectivity index (χ3v) is 5.57. The Balaban J connectivity index is 1.81. The fourth-order valence-corrected chi connectivity index (χ4v) is 4.06. The van der Waals surface area contributed by atoms with Crippen molar-refractivity contribution in [2.75, 3.05) is 0 Å². The molecule has 1 N–H and O–H groups in total. The number of benzene rings is 4. The monoisotopic (exact) mass is 431 g/mol. The molecule has 0 aliphatic carbocycles. The van der Waals surface area contributed by atoms with E-state index in [4.69, 9.17) is 0 Å². The summed E-state index contributed by atoms with van der Waals surface area (Å²) in [6, 6.07) is 25.2. The van der Waals surface area contributed by atoms with Crippen LogP contribution in [0.4, 0.5) is 13.2 Å². The minimum Gasteiger partial charge on any atom is -0.478 e. The van der Waals surface area contributed by atoms with E-state index in [9.17, 15) is 23.1 Å². The molecule has 1 heterocycles. The Bertz CT molecular complexity index is 1480. The van der Waals surface area contributed by atoms with Crippen LogP contribution < -0.4 is 0 Å². The van der Waals surface area contributed by atoms with Crippen LogP contribution in [0.1, 0.15) is 15.9 Å². The van der Waals surface area contributed by atoms with E-state index < -0.39 is 17.7 Å². The lowest BCUT2D eigenvalue weighted by atomic mass is 10.1. The number of carbonyl (C=O) groups is 1. The third kappa shape index (κ3) is 3.30. The van der Waals surface area contributed by atoms with Gasteiger partial charge in [-0.2, -0.15) is 13.2 Å². The van der Waals surface area contributed by atoms with Gasteiger partial charge in [0.25, 0.3) is 0 Å². The number of rotatable bonds is 3. The molecule has 1 aromatic heterocycles. The van der Waals surface area contributed by atoms with Gasteiger partial charge in [0.05, 0.1) is 22.3 Å². The summed E-state index contributed by atoms with van der Waals surface area (Å²) in [5.74, 6) is -1.05. The van der Waals surface area contributed by atoms with E-state index >= 15 is 0 Å². The van der Waals surface area contributed by atoms with Crippen LogP contribution in [0.3, 0.4) is 0 Å². The second kappa shape index (κ2) is 7.27. The highest BCUT2D eigenvalue weighted by Crippen LogP contribution is 2.37. The van der Waals surface area contributed by atoms with E-state index in [0.29, 0.717) is 16.9 Å². The molecule has 32 heavy (non-hydrogen) atoms. The van der Waals surface area contributed by atoms with Crippen molar-refractivity contribution in [3.8, 4) is 16.9 Å². The molecule has 5 aromatic rings. The Hall–Kier alpha value is -4.06. The first-order chi connectivity index (χ1) is 15.3. The summed E-state index contributed by atoms with van der Waals surface area (Å²) in [6.45, 7) is 0. The summed E-state index contributed by atoms with van der Waals surface area (Å²) < 4.78 is 41.1. The van der Waals surface area contributed by atoms with Crippen molar-refractivity contribution in [2.24, 2.45) is 0 Å². The van der Waals surface area contributed by atoms with Crippen molar-refractivity contribution >= 4 is 27.6 Å². The maximum atomic E-state index is 13.1. The fourth-order valence-electron chi connectivity index (χ4n) is 4.06. The Morgan fingerprint density at radius 1 is 0.781 bits per heavy atom. The van der Waals surface area contributed by atoms with E-state index in [1.54, 1.807) is 18.2 Å². The summed E-state index contributed by atoms with van der Waals surface area (Å²) in [5, 5.41) is 12.4. The minimum absolute atomic E-state index is 0.128. The first-order valence-electron chi connectivity index (χ1n) is 9.87. The maximum absolute atomic E-state index is 13.1. The van der Waals surface area contributed by atoms with Gasteiger partial charge in [-0.15, -0.1) is 0 Å². The number of nitrogens with zero attached hydrogens (tertiary/aromatic N) is 1. The van der Waals surface area contributed by atoms with Crippen LogP contribution in [0, 0.1) is 0 Å². The SMILES string of the molecule is O=C(O)c1cccc(-n2c(-c3ccc(C(F)(F)F)cc3)cc3c4ccccc4ccc32)c1. The number of hydrogen-bond donors (Lipinski definition) is 1. The van der Waals surface area contributed by atoms with Crippen molar-refractivity contribution in [1.82, 2.24) is 4.57 Å². The second-order valence-electron chi connectivity index (χ2n) is 7.52. The molecule has 0 saturated carbocycles. The summed E-state index contributed by atoms with van der Waals surface area (Å²) in [4.78, 5) is 11.5. The molecular formula is C26H16F3NO2. The quantitative estimate of drug-likeness (QED) is 0.329. The van der Waals surface area contributed by atoms with Gasteiger partial charge in [0.2, 0.25) is 0 Å². The normalized spacial score (nSPS) is 11.8. The molecule has 4 aromatic carbocycles. The number of carboxylic acid groups (broad SMARTS) is 1. The van der Waals surface area contributed by atoms with Gasteiger partial charge in [0, 0.05) is 11.1 Å². The van der Waals surface area contributed by atoms with Crippen LogP contribution in [-0.2, 0) is 6.18 Å². The summed E-state index contributed by atoms with van der Waals surface area (Å²) in [7, 11) is 0. The van der Waals surface area contributed by atoms with Crippen LogP contribution in [0.2, 0.25) is 0 Å². The fraction of sp³-hybridized carbons (Fsp3) is 0.0385. The predicted octanol–water partition coefficient (Wildman–Crippen LogP) is 7.17. The lowest BCUT2D eigenvalue weighted by Crippen LogP contribution is -2.04. The molecule has 3 nitrogen and oxygen atoms in total. The molecule has 0 amide bonds. The molecule has 0 aliphatic rings. The zero-order chi connectivity index (χ0) is 22.5. The van der Waals surface area contributed by atoms with E-state index in [-0.39, 0.29) is 5.56 Å². The van der Waals surface area contributed by atoms with E-state index in [0.717, 1.165) is 33.8 Å². The maximum Gasteiger partial charge on any atom is 0.416 e. The van der Waals surface area contributed by atoms with Gasteiger partial charge in [0.1, 0.15) is 0 Å². The van der Waals surface area contributed by atoms with E-state index in [2.05, 4.69) is 0 Å². The number of aromatic nitrogens is 1. The Morgan fingerprint density at radius 2 is 1.53 bits per heavy atom. The summed E-state index contributed by atoms with van der Waals surface area (Å²) in [5.41, 5.74) is 2.13. The Kier molecular flexibility index (Phi) is 4.51. The number of carboxylic acids is 1. The van der Waals surface area contributed by atoms with Crippen molar-refractivity contribution in [3.63, 3.8) is 0 Å². The van der Waals surface area contributed by atoms with Crippen LogP contribution in [0.25, 0.3) is 38.6 Å². The molecule has 158 valence electrons. The zero-order valence-electron chi connectivity index (χ0n) is 16.6. The predicted molar refractivity (Wildman–Crippen MR) is 118 cm³/mol. The number of aromatic carboxylic acids is 1. The number of hydrogen-bond acceptors (Lipinski definition) is 1. The number of halogens is 3. The molecule has 5 rings (SSSR count). The molecule has 0 radical (unpaired) electrons. The van der Waals surface area contributed by atoms with Gasteiger partial charge in [0.15, 0.2) is 0 Å². The largest absolute Gasteiger partial charge is 0.478 e. The average Bonchev–Trinajstić information content (AvgIpc) is 3.19. The molecule has 0 unspecified atom stereocenters. The van der Waals surface area contributed by atoms with Gasteiger partial charge < -0.3 is 9.67 Å². The summed E-state index contributed by atoms with van der Waals surface area (Å²) in [6.07, 6.45) is -4.42. The first-order valence-corrected chi connectivity index (χ1v) is 9.87. The van der Waals surface area contributed by atoms with E-state index in [1.807, 2.05) is 47.0 Å². The molecular weight excluding hydrogens is 415 g/mol. The highest BCUT2D eigenvalue weighted by molar-refractivity contribution is 6.09. The minimum atomic E-state index is -4.42. The number of fused-ring (bicyclic) bond motifs is 3. The molecule has 0 saturated heterocycles. The molecule has 0 bridgehead atoms. The van der Waals surface area contributed by atoms with Gasteiger partial charge >= 0.3 is 12.1 Å². The van der Waals surface area contributed by atoms with E-state index in [1.165, 1.54) is 18.2 Å². The highest BCUT2D eigenvalue weighted by Gasteiger charge is 2.30. The summed E-state index contributed by atoms with van der Waals surface area (Å²) >= 11 is 0. The van der Waals surface area contributed by atoms with Crippen LogP contribution in [-0.4, -0.2) is 15.6 Å². The topological polar surface area (TPSA) is 42.2 Å². The van der Waals surface area contributed by atoms with Gasteiger partial charge in [-0.3, -0.25) is 0 Å². The van der Waals surface area contributed by atoms with Gasteiger partial charge in [-0.25, -0.2) is 4.79 Å². The number of alkyl halides is 3. The van der Waals surface area contributed by atoms with Crippen LogP contribution in [0.5, 0.6) is 0 Å². The molecule has 0 aliphatic heterocycles. The Labute approximate surface area is 181 Å². The van der Waals surface area contributed by atoms with Crippen molar-refractivity contribution in [1.29, 1.82) is 0 Å². The first kappa shape index (κ1) is 19.9. The zero-order valence-corrected chi connectivity index (χ0v) is 16.6. The molecule has 0 atom stereocenters. The third-order valence-electron chi connectivity index (χ3n) is 5.57. The highest BCUT2D eigenvalue weighted by atomic mass is 19.4. The lowest BCUT2D eigenvalue weighted by molar-refractivity contribution is -0.137. The van der Waals surface area contributed by atoms with Crippen LogP contribution in [0.15, 0.2) is 91.0 Å². The van der Waals surface area contributed by atoms with Gasteiger partial charge in [-0.05, 0) is 58.8 Å². The lowest BCUT2D eigenvalue weighted by Gasteiger charge is -2.13. The molecule has 0 spiro atoms. The molecule has 6 heteroatoms. The van der Waals surface area contributed by atoms with Gasteiger partial charge in [-0.1, -0.05) is 48.5 Å². The van der Waals surface area contributed by atoms with Crippen molar-refractivity contribution in [2.45, 2.75) is 6.18 Å². The second-order valence-corrected chi connectivity index (χ2v) is 7.52.